The van der Waals surface area contributed by atoms with Crippen molar-refractivity contribution in [3.63, 3.8) is 0 Å². The second kappa shape index (κ2) is 6.04. The summed E-state index contributed by atoms with van der Waals surface area (Å²) in [5.41, 5.74) is 1.02. The lowest BCUT2D eigenvalue weighted by Gasteiger charge is -2.15. The van der Waals surface area contributed by atoms with Gasteiger partial charge in [0.2, 0.25) is 0 Å². The largest absolute Gasteiger partial charge is 0.479 e. The summed E-state index contributed by atoms with van der Waals surface area (Å²) in [7, 11) is 0. The molecule has 0 saturated heterocycles. The number of ether oxygens (including phenoxy) is 1. The van der Waals surface area contributed by atoms with Gasteiger partial charge < -0.3 is 4.74 Å². The van der Waals surface area contributed by atoms with E-state index in [1.165, 1.54) is 11.3 Å². The first-order valence-electron chi connectivity index (χ1n) is 5.69. The van der Waals surface area contributed by atoms with Gasteiger partial charge in [-0.05, 0) is 31.5 Å². The Hall–Kier alpha value is -1.59. The number of nitrogens with one attached hydrogen (secondary N) is 1. The lowest BCUT2D eigenvalue weighted by molar-refractivity contribution is -0.122. The number of nitrogens with zero attached hydrogens (tertiary/aromatic N) is 1. The summed E-state index contributed by atoms with van der Waals surface area (Å²) < 4.78 is 5.57. The number of aromatic nitrogens is 1. The highest BCUT2D eigenvalue weighted by Crippen LogP contribution is 2.26. The summed E-state index contributed by atoms with van der Waals surface area (Å²) in [6.45, 7) is 3.60. The van der Waals surface area contributed by atoms with E-state index < -0.39 is 6.10 Å². The fraction of sp³-hybridized carbons (Fsp3) is 0.231. The highest BCUT2D eigenvalue weighted by molar-refractivity contribution is 7.13. The van der Waals surface area contributed by atoms with Crippen molar-refractivity contribution in [2.75, 3.05) is 5.32 Å². The highest BCUT2D eigenvalue weighted by Gasteiger charge is 2.17. The van der Waals surface area contributed by atoms with Crippen molar-refractivity contribution in [2.45, 2.75) is 20.0 Å². The lowest BCUT2D eigenvalue weighted by Crippen LogP contribution is -2.30. The van der Waals surface area contributed by atoms with Crippen LogP contribution in [0.15, 0.2) is 29.8 Å². The molecule has 2 aromatic rings. The molecule has 0 bridgehead atoms. The molecule has 0 saturated carbocycles. The molecule has 1 aromatic carbocycles. The quantitative estimate of drug-likeness (QED) is 0.939. The second-order valence-corrected chi connectivity index (χ2v) is 5.32. The van der Waals surface area contributed by atoms with Crippen LogP contribution in [0.5, 0.6) is 5.75 Å². The number of rotatable bonds is 4. The van der Waals surface area contributed by atoms with E-state index >= 15 is 0 Å². The Kier molecular flexibility index (Phi) is 4.39. The number of aryl methyl sites for hydroxylation is 1. The average Bonchev–Trinajstić information content (AvgIpc) is 2.86. The van der Waals surface area contributed by atoms with E-state index in [1.54, 1.807) is 30.6 Å². The zero-order chi connectivity index (χ0) is 13.8. The predicted molar refractivity (Wildman–Crippen MR) is 77.0 cm³/mol. The maximum absolute atomic E-state index is 11.9. The molecule has 1 N–H and O–H groups in total. The first-order valence-corrected chi connectivity index (χ1v) is 6.95. The van der Waals surface area contributed by atoms with Gasteiger partial charge in [-0.15, -0.1) is 11.3 Å². The molecule has 0 fully saturated rings. The first kappa shape index (κ1) is 13.8. The maximum atomic E-state index is 11.9. The van der Waals surface area contributed by atoms with E-state index in [0.29, 0.717) is 15.9 Å². The van der Waals surface area contributed by atoms with Crippen molar-refractivity contribution in [3.8, 4) is 5.75 Å². The molecule has 0 unspecified atom stereocenters. The molecular weight excluding hydrogens is 284 g/mol. The number of halogens is 1. The minimum Gasteiger partial charge on any atom is -0.479 e. The van der Waals surface area contributed by atoms with Crippen LogP contribution in [0.25, 0.3) is 0 Å². The Morgan fingerprint density at radius 3 is 3.00 bits per heavy atom. The molecule has 0 spiro atoms. The van der Waals surface area contributed by atoms with E-state index in [2.05, 4.69) is 10.3 Å². The Morgan fingerprint density at radius 1 is 1.53 bits per heavy atom. The summed E-state index contributed by atoms with van der Waals surface area (Å²) >= 11 is 7.38. The van der Waals surface area contributed by atoms with Crippen LogP contribution in [-0.2, 0) is 4.79 Å². The molecule has 0 aliphatic heterocycles. The fourth-order valence-corrected chi connectivity index (χ4v) is 2.13. The molecule has 1 atom stereocenters. The van der Waals surface area contributed by atoms with Crippen LogP contribution in [0.4, 0.5) is 5.13 Å². The number of anilines is 1. The number of benzene rings is 1. The van der Waals surface area contributed by atoms with Crippen molar-refractivity contribution < 1.29 is 9.53 Å². The Bertz CT molecular complexity index is 572. The standard InChI is InChI=1S/C13H13ClN2O2S/c1-8-3-4-10(14)11(7-8)18-9(2)12(17)16-13-15-5-6-19-13/h3-7,9H,1-2H3,(H,15,16,17)/t9-/m1/s1. The normalized spacial score (nSPS) is 11.9. The fourth-order valence-electron chi connectivity index (χ4n) is 1.44. The lowest BCUT2D eigenvalue weighted by atomic mass is 10.2. The van der Waals surface area contributed by atoms with Crippen molar-refractivity contribution in [1.82, 2.24) is 4.98 Å². The molecule has 100 valence electrons. The van der Waals surface area contributed by atoms with E-state index in [1.807, 2.05) is 13.0 Å². The van der Waals surface area contributed by atoms with Crippen molar-refractivity contribution in [2.24, 2.45) is 0 Å². The third-order valence-corrected chi connectivity index (χ3v) is 3.42. The molecule has 1 aromatic heterocycles. The maximum Gasteiger partial charge on any atom is 0.266 e. The second-order valence-electron chi connectivity index (χ2n) is 4.02. The van der Waals surface area contributed by atoms with Crippen LogP contribution in [0.2, 0.25) is 5.02 Å². The predicted octanol–water partition coefficient (Wildman–Crippen LogP) is 3.51. The topological polar surface area (TPSA) is 51.2 Å². The highest BCUT2D eigenvalue weighted by atomic mass is 35.5. The van der Waals surface area contributed by atoms with E-state index in [9.17, 15) is 4.79 Å². The Labute approximate surface area is 120 Å². The van der Waals surface area contributed by atoms with Gasteiger partial charge in [-0.2, -0.15) is 0 Å². The minimum absolute atomic E-state index is 0.257. The molecule has 0 aliphatic rings. The van der Waals surface area contributed by atoms with Gasteiger partial charge >= 0.3 is 0 Å². The molecule has 1 heterocycles. The van der Waals surface area contributed by atoms with Crippen molar-refractivity contribution in [1.29, 1.82) is 0 Å². The van der Waals surface area contributed by atoms with Gasteiger partial charge in [0, 0.05) is 11.6 Å². The van der Waals surface area contributed by atoms with Gasteiger partial charge in [0.1, 0.15) is 5.75 Å². The molecule has 2 rings (SSSR count). The Balaban J connectivity index is 2.02. The zero-order valence-corrected chi connectivity index (χ0v) is 12.1. The van der Waals surface area contributed by atoms with Crippen molar-refractivity contribution >= 4 is 34.0 Å². The number of carbonyl (C=O) groups is 1. The van der Waals surface area contributed by atoms with Crippen LogP contribution in [0, 0.1) is 6.92 Å². The summed E-state index contributed by atoms with van der Waals surface area (Å²) in [6.07, 6.45) is 0.978. The SMILES string of the molecule is Cc1ccc(Cl)c(O[C@H](C)C(=O)Nc2nccs2)c1. The van der Waals surface area contributed by atoms with Gasteiger partial charge in [-0.1, -0.05) is 17.7 Å². The number of hydrogen-bond donors (Lipinski definition) is 1. The molecular formula is C13H13ClN2O2S. The van der Waals surface area contributed by atoms with Crippen LogP contribution < -0.4 is 10.1 Å². The Morgan fingerprint density at radius 2 is 2.32 bits per heavy atom. The van der Waals surface area contributed by atoms with Crippen LogP contribution in [-0.4, -0.2) is 17.0 Å². The van der Waals surface area contributed by atoms with Gasteiger partial charge in [0.05, 0.1) is 5.02 Å². The van der Waals surface area contributed by atoms with E-state index in [-0.39, 0.29) is 5.91 Å². The summed E-state index contributed by atoms with van der Waals surface area (Å²) in [5.74, 6) is 0.246. The van der Waals surface area contributed by atoms with E-state index in [4.69, 9.17) is 16.3 Å². The van der Waals surface area contributed by atoms with Crippen molar-refractivity contribution in [3.05, 3.63) is 40.4 Å². The molecule has 0 radical (unpaired) electrons. The first-order chi connectivity index (χ1) is 9.06. The number of hydrogen-bond acceptors (Lipinski definition) is 4. The van der Waals surface area contributed by atoms with Gasteiger partial charge in [0.15, 0.2) is 11.2 Å². The van der Waals surface area contributed by atoms with Gasteiger partial charge in [-0.25, -0.2) is 4.98 Å². The molecule has 1 amide bonds. The number of thiazole rings is 1. The summed E-state index contributed by atoms with van der Waals surface area (Å²) in [6, 6.07) is 5.43. The molecule has 6 heteroatoms. The molecule has 19 heavy (non-hydrogen) atoms. The third kappa shape index (κ3) is 3.68. The van der Waals surface area contributed by atoms with Crippen LogP contribution in [0.1, 0.15) is 12.5 Å². The van der Waals surface area contributed by atoms with Crippen LogP contribution >= 0.6 is 22.9 Å². The molecule has 0 aliphatic carbocycles. The van der Waals surface area contributed by atoms with Gasteiger partial charge in [0.25, 0.3) is 5.91 Å². The monoisotopic (exact) mass is 296 g/mol. The summed E-state index contributed by atoms with van der Waals surface area (Å²) in [5, 5.41) is 5.50. The number of carbonyl (C=O) groups excluding carboxylic acids is 1. The zero-order valence-electron chi connectivity index (χ0n) is 10.5. The smallest absolute Gasteiger partial charge is 0.266 e. The molecule has 4 nitrogen and oxygen atoms in total. The van der Waals surface area contributed by atoms with E-state index in [0.717, 1.165) is 5.56 Å². The summed E-state index contributed by atoms with van der Waals surface area (Å²) in [4.78, 5) is 15.9. The number of amides is 1. The van der Waals surface area contributed by atoms with Gasteiger partial charge in [-0.3, -0.25) is 10.1 Å². The third-order valence-electron chi connectivity index (χ3n) is 2.42. The minimum atomic E-state index is -0.650. The average molecular weight is 297 g/mol. The van der Waals surface area contributed by atoms with Crippen LogP contribution in [0.3, 0.4) is 0 Å².